The molecule has 0 saturated carbocycles. The van der Waals surface area contributed by atoms with E-state index in [-0.39, 0.29) is 12.3 Å². The number of aryl methyl sites for hydroxylation is 1. The third-order valence-electron chi connectivity index (χ3n) is 4.44. The van der Waals surface area contributed by atoms with Gasteiger partial charge in [-0.2, -0.15) is 0 Å². The SMILES string of the molecule is Cc1nccn1-c1ccc(NC(=O)Cc2ccc3c(c2)CCO3)cc1F. The fourth-order valence-electron chi connectivity index (χ4n) is 3.15. The molecule has 1 aliphatic rings. The third-order valence-corrected chi connectivity index (χ3v) is 4.44. The van der Waals surface area contributed by atoms with E-state index < -0.39 is 5.82 Å². The molecule has 1 aromatic heterocycles. The second kappa shape index (κ2) is 6.63. The number of carbonyl (C=O) groups is 1. The maximum absolute atomic E-state index is 14.4. The van der Waals surface area contributed by atoms with E-state index in [2.05, 4.69) is 10.3 Å². The normalized spacial score (nSPS) is 12.5. The molecule has 0 radical (unpaired) electrons. The molecule has 1 amide bonds. The molecular formula is C20H18FN3O2. The van der Waals surface area contributed by atoms with Crippen molar-refractivity contribution in [3.05, 3.63) is 71.6 Å². The lowest BCUT2D eigenvalue weighted by Gasteiger charge is -2.10. The fourth-order valence-corrected chi connectivity index (χ4v) is 3.15. The van der Waals surface area contributed by atoms with Crippen LogP contribution in [0.3, 0.4) is 0 Å². The van der Waals surface area contributed by atoms with Gasteiger partial charge in [-0.1, -0.05) is 12.1 Å². The van der Waals surface area contributed by atoms with Gasteiger partial charge < -0.3 is 14.6 Å². The van der Waals surface area contributed by atoms with Crippen molar-refractivity contribution >= 4 is 11.6 Å². The predicted molar refractivity (Wildman–Crippen MR) is 96.2 cm³/mol. The molecule has 0 bridgehead atoms. The Labute approximate surface area is 150 Å². The molecule has 132 valence electrons. The van der Waals surface area contributed by atoms with Gasteiger partial charge in [0.15, 0.2) is 0 Å². The minimum absolute atomic E-state index is 0.185. The Hall–Kier alpha value is -3.15. The van der Waals surface area contributed by atoms with Gasteiger partial charge in [0.1, 0.15) is 17.4 Å². The molecule has 4 rings (SSSR count). The van der Waals surface area contributed by atoms with Crippen molar-refractivity contribution in [2.45, 2.75) is 19.8 Å². The van der Waals surface area contributed by atoms with Crippen molar-refractivity contribution < 1.29 is 13.9 Å². The number of nitrogens with one attached hydrogen (secondary N) is 1. The van der Waals surface area contributed by atoms with Crippen molar-refractivity contribution in [3.63, 3.8) is 0 Å². The number of carbonyl (C=O) groups excluding carboxylic acids is 1. The highest BCUT2D eigenvalue weighted by atomic mass is 19.1. The molecule has 0 spiro atoms. The zero-order valence-electron chi connectivity index (χ0n) is 14.3. The first-order valence-corrected chi connectivity index (χ1v) is 8.44. The highest BCUT2D eigenvalue weighted by Gasteiger charge is 2.14. The summed E-state index contributed by atoms with van der Waals surface area (Å²) in [6.07, 6.45) is 4.41. The zero-order valence-corrected chi connectivity index (χ0v) is 14.3. The Morgan fingerprint density at radius 1 is 1.31 bits per heavy atom. The van der Waals surface area contributed by atoms with Crippen molar-refractivity contribution in [1.82, 2.24) is 9.55 Å². The first kappa shape index (κ1) is 16.3. The van der Waals surface area contributed by atoms with E-state index in [0.29, 0.717) is 23.8 Å². The first-order chi connectivity index (χ1) is 12.6. The van der Waals surface area contributed by atoms with E-state index in [1.54, 1.807) is 36.0 Å². The van der Waals surface area contributed by atoms with Gasteiger partial charge in [0.25, 0.3) is 0 Å². The summed E-state index contributed by atoms with van der Waals surface area (Å²) < 4.78 is 21.5. The molecule has 5 nitrogen and oxygen atoms in total. The average molecular weight is 351 g/mol. The zero-order chi connectivity index (χ0) is 18.1. The number of fused-ring (bicyclic) bond motifs is 1. The number of hydrogen-bond donors (Lipinski definition) is 1. The van der Waals surface area contributed by atoms with Crippen LogP contribution < -0.4 is 10.1 Å². The van der Waals surface area contributed by atoms with Crippen LogP contribution in [0.5, 0.6) is 5.75 Å². The number of anilines is 1. The van der Waals surface area contributed by atoms with Crippen LogP contribution in [0.15, 0.2) is 48.8 Å². The molecular weight excluding hydrogens is 333 g/mol. The van der Waals surface area contributed by atoms with Gasteiger partial charge >= 0.3 is 0 Å². The molecule has 2 aromatic carbocycles. The molecule has 2 heterocycles. The molecule has 6 heteroatoms. The number of halogens is 1. The number of rotatable bonds is 4. The summed E-state index contributed by atoms with van der Waals surface area (Å²) >= 11 is 0. The first-order valence-electron chi connectivity index (χ1n) is 8.44. The Kier molecular flexibility index (Phi) is 4.16. The van der Waals surface area contributed by atoms with Gasteiger partial charge in [-0.25, -0.2) is 9.37 Å². The Morgan fingerprint density at radius 2 is 2.19 bits per heavy atom. The molecule has 0 aliphatic carbocycles. The summed E-state index contributed by atoms with van der Waals surface area (Å²) in [6, 6.07) is 10.4. The van der Waals surface area contributed by atoms with Crippen molar-refractivity contribution in [2.75, 3.05) is 11.9 Å². The number of amides is 1. The second-order valence-corrected chi connectivity index (χ2v) is 6.28. The van der Waals surface area contributed by atoms with Gasteiger partial charge in [-0.15, -0.1) is 0 Å². The van der Waals surface area contributed by atoms with Crippen LogP contribution in [0.4, 0.5) is 10.1 Å². The van der Waals surface area contributed by atoms with E-state index in [4.69, 9.17) is 4.74 Å². The largest absolute Gasteiger partial charge is 0.493 e. The van der Waals surface area contributed by atoms with Crippen LogP contribution in [0.25, 0.3) is 5.69 Å². The molecule has 0 unspecified atom stereocenters. The van der Waals surface area contributed by atoms with Crippen LogP contribution in [-0.2, 0) is 17.6 Å². The molecule has 0 saturated heterocycles. The summed E-state index contributed by atoms with van der Waals surface area (Å²) in [7, 11) is 0. The van der Waals surface area contributed by atoms with Crippen molar-refractivity contribution in [2.24, 2.45) is 0 Å². The van der Waals surface area contributed by atoms with E-state index >= 15 is 0 Å². The third kappa shape index (κ3) is 3.18. The summed E-state index contributed by atoms with van der Waals surface area (Å²) in [5.41, 5.74) is 2.87. The number of benzene rings is 2. The number of imidazole rings is 1. The lowest BCUT2D eigenvalue weighted by atomic mass is 10.1. The van der Waals surface area contributed by atoms with Crippen LogP contribution in [-0.4, -0.2) is 22.1 Å². The van der Waals surface area contributed by atoms with Gasteiger partial charge in [0.05, 0.1) is 18.7 Å². The van der Waals surface area contributed by atoms with E-state index in [1.165, 1.54) is 6.07 Å². The standard InChI is InChI=1S/C20H18FN3O2/c1-13-22-7-8-24(13)18-4-3-16(12-17(18)21)23-20(25)11-14-2-5-19-15(10-14)6-9-26-19/h2-5,7-8,10,12H,6,9,11H2,1H3,(H,23,25). The van der Waals surface area contributed by atoms with Crippen LogP contribution >= 0.6 is 0 Å². The maximum atomic E-state index is 14.4. The van der Waals surface area contributed by atoms with Crippen LogP contribution in [0, 0.1) is 12.7 Å². The lowest BCUT2D eigenvalue weighted by Crippen LogP contribution is -2.15. The molecule has 0 atom stereocenters. The Balaban J connectivity index is 1.46. The molecule has 0 fully saturated rings. The van der Waals surface area contributed by atoms with Crippen molar-refractivity contribution in [3.8, 4) is 11.4 Å². The smallest absolute Gasteiger partial charge is 0.228 e. The topological polar surface area (TPSA) is 56.2 Å². The highest BCUT2D eigenvalue weighted by molar-refractivity contribution is 5.92. The molecule has 1 aliphatic heterocycles. The summed E-state index contributed by atoms with van der Waals surface area (Å²) in [6.45, 7) is 2.49. The fraction of sp³-hybridized carbons (Fsp3) is 0.200. The minimum Gasteiger partial charge on any atom is -0.493 e. The van der Waals surface area contributed by atoms with Crippen molar-refractivity contribution in [1.29, 1.82) is 0 Å². The van der Waals surface area contributed by atoms with E-state index in [1.807, 2.05) is 18.2 Å². The van der Waals surface area contributed by atoms with Crippen LogP contribution in [0.2, 0.25) is 0 Å². The van der Waals surface area contributed by atoms with Gasteiger partial charge in [0.2, 0.25) is 5.91 Å². The average Bonchev–Trinajstić information content (AvgIpc) is 3.23. The quantitative estimate of drug-likeness (QED) is 0.783. The molecule has 3 aromatic rings. The lowest BCUT2D eigenvalue weighted by molar-refractivity contribution is -0.115. The molecule has 1 N–H and O–H groups in total. The highest BCUT2D eigenvalue weighted by Crippen LogP contribution is 2.26. The Morgan fingerprint density at radius 3 is 2.96 bits per heavy atom. The maximum Gasteiger partial charge on any atom is 0.228 e. The monoisotopic (exact) mass is 351 g/mol. The Bertz CT molecular complexity index is 981. The van der Waals surface area contributed by atoms with Crippen LogP contribution in [0.1, 0.15) is 17.0 Å². The number of aromatic nitrogens is 2. The summed E-state index contributed by atoms with van der Waals surface area (Å²) in [5, 5.41) is 2.75. The number of nitrogens with zero attached hydrogens (tertiary/aromatic N) is 2. The second-order valence-electron chi connectivity index (χ2n) is 6.28. The van der Waals surface area contributed by atoms with E-state index in [0.717, 1.165) is 23.3 Å². The number of hydrogen-bond acceptors (Lipinski definition) is 3. The molecule has 26 heavy (non-hydrogen) atoms. The van der Waals surface area contributed by atoms with Gasteiger partial charge in [-0.05, 0) is 42.3 Å². The number of ether oxygens (including phenoxy) is 1. The minimum atomic E-state index is -0.418. The summed E-state index contributed by atoms with van der Waals surface area (Å²) in [5.74, 6) is 0.983. The van der Waals surface area contributed by atoms with Gasteiger partial charge in [-0.3, -0.25) is 4.79 Å². The predicted octanol–water partition coefficient (Wildman–Crippen LogP) is 3.44. The van der Waals surface area contributed by atoms with E-state index in [9.17, 15) is 9.18 Å². The van der Waals surface area contributed by atoms with Gasteiger partial charge in [0, 0.05) is 24.5 Å². The summed E-state index contributed by atoms with van der Waals surface area (Å²) in [4.78, 5) is 16.4.